The van der Waals surface area contributed by atoms with Gasteiger partial charge in [0.25, 0.3) is 0 Å². The maximum Gasteiger partial charge on any atom is 0.227 e. The molecule has 0 amide bonds. The van der Waals surface area contributed by atoms with Gasteiger partial charge in [0.15, 0.2) is 0 Å². The molecule has 0 radical (unpaired) electrons. The molecular formula is C23H24N8O2. The summed E-state index contributed by atoms with van der Waals surface area (Å²) in [6.07, 6.45) is 5.43. The number of nitrogens with zero attached hydrogens (tertiary/aromatic N) is 7. The van der Waals surface area contributed by atoms with E-state index in [0.717, 1.165) is 30.2 Å². The summed E-state index contributed by atoms with van der Waals surface area (Å²) >= 11 is 0. The summed E-state index contributed by atoms with van der Waals surface area (Å²) in [4.78, 5) is 22.0. The van der Waals surface area contributed by atoms with Gasteiger partial charge in [-0.3, -0.25) is 0 Å². The van der Waals surface area contributed by atoms with Gasteiger partial charge in [-0.05, 0) is 24.6 Å². The monoisotopic (exact) mass is 444 g/mol. The molecule has 0 saturated carbocycles. The Labute approximate surface area is 191 Å². The van der Waals surface area contributed by atoms with Crippen LogP contribution in [-0.2, 0) is 4.74 Å². The number of ether oxygens (including phenoxy) is 1. The first-order valence-corrected chi connectivity index (χ1v) is 10.9. The highest BCUT2D eigenvalue weighted by Crippen LogP contribution is 2.27. The second-order valence-corrected chi connectivity index (χ2v) is 7.99. The number of aromatic nitrogens is 4. The lowest BCUT2D eigenvalue weighted by Gasteiger charge is -2.28. The average molecular weight is 444 g/mol. The number of nitrogens with one attached hydrogen (secondary N) is 1. The van der Waals surface area contributed by atoms with Crippen LogP contribution in [0.5, 0.6) is 0 Å². The van der Waals surface area contributed by atoms with Gasteiger partial charge in [-0.25, -0.2) is 19.9 Å². The molecule has 33 heavy (non-hydrogen) atoms. The standard InChI is InChI=1S/C23H24N8O2/c24-13-16-11-17(14-27-22(16)31-6-3-19(32)15-31)20-2-5-26-23(29-20)28-18-1-4-25-21(12-18)30-7-9-33-10-8-30/h1-2,4-5,11-12,14,19,32H,3,6-10,15H2,(H,25,26,28,29)/t19-/m0/s1. The van der Waals surface area contributed by atoms with Crippen molar-refractivity contribution in [2.24, 2.45) is 0 Å². The number of rotatable bonds is 5. The molecule has 5 rings (SSSR count). The van der Waals surface area contributed by atoms with Crippen LogP contribution in [0.4, 0.5) is 23.3 Å². The summed E-state index contributed by atoms with van der Waals surface area (Å²) in [6.45, 7) is 4.18. The maximum atomic E-state index is 9.81. The number of hydrogen-bond donors (Lipinski definition) is 2. The number of pyridine rings is 2. The number of morpholine rings is 1. The quantitative estimate of drug-likeness (QED) is 0.603. The van der Waals surface area contributed by atoms with Crippen LogP contribution in [-0.4, -0.2) is 70.5 Å². The minimum Gasteiger partial charge on any atom is -0.391 e. The summed E-state index contributed by atoms with van der Waals surface area (Å²) in [7, 11) is 0. The first kappa shape index (κ1) is 21.1. The molecule has 0 aliphatic carbocycles. The van der Waals surface area contributed by atoms with E-state index < -0.39 is 0 Å². The van der Waals surface area contributed by atoms with Gasteiger partial charge < -0.3 is 25.0 Å². The molecular weight excluding hydrogens is 420 g/mol. The van der Waals surface area contributed by atoms with Crippen LogP contribution in [0.25, 0.3) is 11.3 Å². The van der Waals surface area contributed by atoms with E-state index in [-0.39, 0.29) is 6.10 Å². The lowest BCUT2D eigenvalue weighted by Crippen LogP contribution is -2.36. The lowest BCUT2D eigenvalue weighted by atomic mass is 10.1. The molecule has 3 aromatic rings. The first-order valence-electron chi connectivity index (χ1n) is 10.9. The van der Waals surface area contributed by atoms with Crippen LogP contribution >= 0.6 is 0 Å². The third-order valence-corrected chi connectivity index (χ3v) is 5.74. The second-order valence-electron chi connectivity index (χ2n) is 7.99. The van der Waals surface area contributed by atoms with Gasteiger partial charge >= 0.3 is 0 Å². The first-order chi connectivity index (χ1) is 16.2. The molecule has 10 heteroatoms. The number of aliphatic hydroxyl groups excluding tert-OH is 1. The number of anilines is 4. The lowest BCUT2D eigenvalue weighted by molar-refractivity contribution is 0.122. The molecule has 2 saturated heterocycles. The third-order valence-electron chi connectivity index (χ3n) is 5.74. The van der Waals surface area contributed by atoms with Gasteiger partial charge in [0, 0.05) is 62.1 Å². The van der Waals surface area contributed by atoms with E-state index in [4.69, 9.17) is 4.74 Å². The number of β-amino-alcohol motifs (C(OH)–C–C–N with tert-alkyl or cyclic N) is 1. The van der Waals surface area contributed by atoms with Crippen molar-refractivity contribution >= 4 is 23.3 Å². The summed E-state index contributed by atoms with van der Waals surface area (Å²) in [5.41, 5.74) is 2.68. The Balaban J connectivity index is 1.36. The van der Waals surface area contributed by atoms with Crippen molar-refractivity contribution in [3.05, 3.63) is 48.4 Å². The van der Waals surface area contributed by atoms with Crippen molar-refractivity contribution in [3.8, 4) is 17.3 Å². The molecule has 0 unspecified atom stereocenters. The summed E-state index contributed by atoms with van der Waals surface area (Å²) in [5.74, 6) is 1.92. The van der Waals surface area contributed by atoms with Gasteiger partial charge in [0.05, 0.1) is 30.6 Å². The van der Waals surface area contributed by atoms with Gasteiger partial charge in [-0.1, -0.05) is 0 Å². The van der Waals surface area contributed by atoms with E-state index in [0.29, 0.717) is 55.7 Å². The van der Waals surface area contributed by atoms with Crippen molar-refractivity contribution in [3.63, 3.8) is 0 Å². The van der Waals surface area contributed by atoms with E-state index in [1.54, 1.807) is 30.7 Å². The molecule has 168 valence electrons. The smallest absolute Gasteiger partial charge is 0.227 e. The van der Waals surface area contributed by atoms with Crippen LogP contribution in [0.1, 0.15) is 12.0 Å². The molecule has 5 heterocycles. The van der Waals surface area contributed by atoms with Crippen LogP contribution in [0.15, 0.2) is 42.9 Å². The molecule has 0 bridgehead atoms. The molecule has 0 aromatic carbocycles. The minimum absolute atomic E-state index is 0.384. The Bertz CT molecular complexity index is 1180. The van der Waals surface area contributed by atoms with E-state index in [9.17, 15) is 10.4 Å². The normalized spacial score (nSPS) is 18.2. The highest BCUT2D eigenvalue weighted by Gasteiger charge is 2.24. The topological polar surface area (TPSA) is 123 Å². The molecule has 2 aliphatic heterocycles. The zero-order valence-electron chi connectivity index (χ0n) is 18.1. The van der Waals surface area contributed by atoms with Crippen molar-refractivity contribution in [2.75, 3.05) is 54.5 Å². The predicted octanol–water partition coefficient (Wildman–Crippen LogP) is 1.96. The maximum absolute atomic E-state index is 9.81. The molecule has 3 aromatic heterocycles. The van der Waals surface area contributed by atoms with Gasteiger partial charge in [-0.15, -0.1) is 0 Å². The second kappa shape index (κ2) is 9.36. The fourth-order valence-corrected chi connectivity index (χ4v) is 4.04. The van der Waals surface area contributed by atoms with E-state index in [1.165, 1.54) is 0 Å². The number of aliphatic hydroxyl groups is 1. The van der Waals surface area contributed by atoms with Crippen molar-refractivity contribution in [1.82, 2.24) is 19.9 Å². The highest BCUT2D eigenvalue weighted by atomic mass is 16.5. The summed E-state index contributed by atoms with van der Waals surface area (Å²) in [5, 5.41) is 22.7. The Kier molecular flexibility index (Phi) is 5.97. The largest absolute Gasteiger partial charge is 0.391 e. The van der Waals surface area contributed by atoms with Crippen LogP contribution in [0.2, 0.25) is 0 Å². The fraction of sp³-hybridized carbons (Fsp3) is 0.348. The van der Waals surface area contributed by atoms with Crippen molar-refractivity contribution < 1.29 is 9.84 Å². The molecule has 10 nitrogen and oxygen atoms in total. The van der Waals surface area contributed by atoms with Gasteiger partial charge in [0.2, 0.25) is 5.95 Å². The van der Waals surface area contributed by atoms with E-state index in [1.807, 2.05) is 17.0 Å². The Morgan fingerprint density at radius 3 is 2.70 bits per heavy atom. The van der Waals surface area contributed by atoms with Crippen LogP contribution < -0.4 is 15.1 Å². The van der Waals surface area contributed by atoms with E-state index >= 15 is 0 Å². The summed E-state index contributed by atoms with van der Waals surface area (Å²) < 4.78 is 5.42. The Morgan fingerprint density at radius 2 is 1.91 bits per heavy atom. The number of hydrogen-bond acceptors (Lipinski definition) is 10. The Hall–Kier alpha value is -3.81. The summed E-state index contributed by atoms with van der Waals surface area (Å²) in [6, 6.07) is 9.63. The Morgan fingerprint density at radius 1 is 1.06 bits per heavy atom. The third kappa shape index (κ3) is 4.69. The molecule has 2 fully saturated rings. The average Bonchev–Trinajstić information content (AvgIpc) is 3.30. The predicted molar refractivity (Wildman–Crippen MR) is 123 cm³/mol. The fourth-order valence-electron chi connectivity index (χ4n) is 4.04. The van der Waals surface area contributed by atoms with Crippen molar-refractivity contribution in [2.45, 2.75) is 12.5 Å². The zero-order valence-corrected chi connectivity index (χ0v) is 18.1. The van der Waals surface area contributed by atoms with Crippen molar-refractivity contribution in [1.29, 1.82) is 5.26 Å². The van der Waals surface area contributed by atoms with E-state index in [2.05, 4.69) is 36.2 Å². The van der Waals surface area contributed by atoms with Gasteiger partial charge in [-0.2, -0.15) is 5.26 Å². The highest BCUT2D eigenvalue weighted by molar-refractivity contribution is 5.67. The minimum atomic E-state index is -0.384. The number of nitriles is 1. The van der Waals surface area contributed by atoms with Gasteiger partial charge in [0.1, 0.15) is 17.7 Å². The molecule has 2 N–H and O–H groups in total. The molecule has 1 atom stereocenters. The van der Waals surface area contributed by atoms with Crippen LogP contribution in [0.3, 0.4) is 0 Å². The van der Waals surface area contributed by atoms with Crippen LogP contribution in [0, 0.1) is 11.3 Å². The zero-order chi connectivity index (χ0) is 22.6. The molecule has 0 spiro atoms. The SMILES string of the molecule is N#Cc1cc(-c2ccnc(Nc3ccnc(N4CCOCC4)c3)n2)cnc1N1CC[C@H](O)C1. The molecule has 2 aliphatic rings.